The standard InChI is InChI=1S/C79H155NO5/c1-3-5-7-9-11-13-15-17-44-49-53-57-61-65-69-73-79(84)85-74-70-66-62-58-54-50-46-43-41-39-37-35-33-31-29-27-25-23-21-19-20-22-24-26-28-30-32-34-36-38-40-42-45-48-52-56-60-64-68-72-78(83)80-76(75-81)77(82)71-67-63-59-55-51-47-18-16-14-12-10-8-6-4-2/h17,44,76-77,81-82H,3-16,18-43,45-75H2,1-2H3,(H,80,83)/b44-17-. The summed E-state index contributed by atoms with van der Waals surface area (Å²) in [4.78, 5) is 24.6. The monoisotopic (exact) mass is 1200 g/mol. The summed E-state index contributed by atoms with van der Waals surface area (Å²) < 4.78 is 5.50. The Kier molecular flexibility index (Phi) is 73.8. The van der Waals surface area contributed by atoms with Crippen LogP contribution in [-0.4, -0.2) is 47.4 Å². The van der Waals surface area contributed by atoms with E-state index in [1.807, 2.05) is 0 Å². The number of aliphatic hydroxyl groups excluding tert-OH is 2. The van der Waals surface area contributed by atoms with Gasteiger partial charge in [0, 0.05) is 12.8 Å². The normalized spacial score (nSPS) is 12.5. The first-order valence-corrected chi connectivity index (χ1v) is 39.4. The van der Waals surface area contributed by atoms with Crippen molar-refractivity contribution in [1.82, 2.24) is 5.32 Å². The number of carbonyl (C=O) groups is 2. The first-order chi connectivity index (χ1) is 42.0. The van der Waals surface area contributed by atoms with Crippen molar-refractivity contribution in [2.75, 3.05) is 13.2 Å². The molecule has 85 heavy (non-hydrogen) atoms. The number of hydrogen-bond acceptors (Lipinski definition) is 5. The predicted molar refractivity (Wildman–Crippen MR) is 375 cm³/mol. The number of allylic oxidation sites excluding steroid dienone is 2. The number of hydrogen-bond donors (Lipinski definition) is 3. The Balaban J connectivity index is 3.27. The van der Waals surface area contributed by atoms with Crippen molar-refractivity contribution in [1.29, 1.82) is 0 Å². The lowest BCUT2D eigenvalue weighted by molar-refractivity contribution is -0.143. The van der Waals surface area contributed by atoms with Crippen molar-refractivity contribution in [3.63, 3.8) is 0 Å². The minimum atomic E-state index is -0.659. The fourth-order valence-corrected chi connectivity index (χ4v) is 12.8. The molecule has 0 radical (unpaired) electrons. The number of unbranched alkanes of at least 4 members (excludes halogenated alkanes) is 62. The number of carbonyl (C=O) groups excluding carboxylic acids is 2. The summed E-state index contributed by atoms with van der Waals surface area (Å²) in [5, 5.41) is 23.3. The topological polar surface area (TPSA) is 95.9 Å². The molecule has 0 aliphatic carbocycles. The summed E-state index contributed by atoms with van der Waals surface area (Å²) >= 11 is 0. The molecule has 6 nitrogen and oxygen atoms in total. The van der Waals surface area contributed by atoms with E-state index in [4.69, 9.17) is 4.74 Å². The van der Waals surface area contributed by atoms with Crippen molar-refractivity contribution in [3.05, 3.63) is 12.2 Å². The Morgan fingerprint density at radius 2 is 0.553 bits per heavy atom. The maximum atomic E-state index is 12.5. The smallest absolute Gasteiger partial charge is 0.305 e. The van der Waals surface area contributed by atoms with Crippen LogP contribution in [0.15, 0.2) is 12.2 Å². The van der Waals surface area contributed by atoms with Gasteiger partial charge in [0.25, 0.3) is 0 Å². The van der Waals surface area contributed by atoms with E-state index in [9.17, 15) is 19.8 Å². The minimum absolute atomic E-state index is 0.0171. The van der Waals surface area contributed by atoms with Crippen LogP contribution in [0.5, 0.6) is 0 Å². The molecule has 0 aromatic heterocycles. The van der Waals surface area contributed by atoms with Gasteiger partial charge < -0.3 is 20.3 Å². The number of amides is 1. The molecule has 0 aromatic rings. The van der Waals surface area contributed by atoms with Crippen molar-refractivity contribution in [2.24, 2.45) is 0 Å². The highest BCUT2D eigenvalue weighted by atomic mass is 16.5. The molecule has 506 valence electrons. The molecule has 0 spiro atoms. The highest BCUT2D eigenvalue weighted by molar-refractivity contribution is 5.76. The molecule has 0 fully saturated rings. The second-order valence-corrected chi connectivity index (χ2v) is 27.4. The van der Waals surface area contributed by atoms with E-state index in [2.05, 4.69) is 31.3 Å². The van der Waals surface area contributed by atoms with E-state index < -0.39 is 12.1 Å². The van der Waals surface area contributed by atoms with Crippen LogP contribution in [0.1, 0.15) is 457 Å². The number of aliphatic hydroxyl groups is 2. The lowest BCUT2D eigenvalue weighted by Crippen LogP contribution is -2.45. The summed E-state index contributed by atoms with van der Waals surface area (Å²) in [6.45, 7) is 4.99. The Morgan fingerprint density at radius 1 is 0.318 bits per heavy atom. The highest BCUT2D eigenvalue weighted by Gasteiger charge is 2.20. The van der Waals surface area contributed by atoms with Crippen LogP contribution in [0.4, 0.5) is 0 Å². The lowest BCUT2D eigenvalue weighted by Gasteiger charge is -2.22. The Morgan fingerprint density at radius 3 is 0.835 bits per heavy atom. The number of ether oxygens (including phenoxy) is 1. The van der Waals surface area contributed by atoms with Crippen LogP contribution in [0.2, 0.25) is 0 Å². The zero-order chi connectivity index (χ0) is 61.3. The van der Waals surface area contributed by atoms with E-state index in [1.54, 1.807) is 0 Å². The average molecular weight is 1200 g/mol. The quantitative estimate of drug-likeness (QED) is 0.0320. The molecule has 2 atom stereocenters. The second-order valence-electron chi connectivity index (χ2n) is 27.4. The van der Waals surface area contributed by atoms with Gasteiger partial charge in [-0.3, -0.25) is 9.59 Å². The molecule has 0 saturated heterocycles. The van der Waals surface area contributed by atoms with E-state index in [0.29, 0.717) is 25.9 Å². The number of rotatable bonds is 75. The van der Waals surface area contributed by atoms with Gasteiger partial charge in [-0.25, -0.2) is 0 Å². The van der Waals surface area contributed by atoms with E-state index in [0.717, 1.165) is 44.9 Å². The maximum absolute atomic E-state index is 12.5. The van der Waals surface area contributed by atoms with Gasteiger partial charge in [-0.1, -0.05) is 405 Å². The SMILES string of the molecule is CCCCCCCC/C=C\CCCCCCCC(=O)OCCCCCCCCCCCCCCCCCCCCCCCCCCCCCCCCCCCCCCCCCC(=O)NC(CO)C(O)CCCCCCCCCCCCCCCC. The first kappa shape index (κ1) is 83.6. The lowest BCUT2D eigenvalue weighted by atomic mass is 10.0. The Bertz CT molecular complexity index is 1290. The minimum Gasteiger partial charge on any atom is -0.466 e. The molecule has 0 rings (SSSR count). The summed E-state index contributed by atoms with van der Waals surface area (Å²) in [5.41, 5.74) is 0. The Hall–Kier alpha value is -1.40. The zero-order valence-electron chi connectivity index (χ0n) is 58.1. The fourth-order valence-electron chi connectivity index (χ4n) is 12.8. The summed E-state index contributed by atoms with van der Waals surface area (Å²) in [6.07, 6.45) is 94.6. The number of esters is 1. The van der Waals surface area contributed by atoms with Crippen LogP contribution in [0.3, 0.4) is 0 Å². The van der Waals surface area contributed by atoms with Gasteiger partial charge in [-0.2, -0.15) is 0 Å². The third kappa shape index (κ3) is 71.6. The van der Waals surface area contributed by atoms with Gasteiger partial charge in [0.05, 0.1) is 25.4 Å². The van der Waals surface area contributed by atoms with Crippen LogP contribution in [0, 0.1) is 0 Å². The summed E-state index contributed by atoms with van der Waals surface area (Å²) in [7, 11) is 0. The van der Waals surface area contributed by atoms with E-state index in [1.165, 1.54) is 379 Å². The third-order valence-corrected chi connectivity index (χ3v) is 18.8. The molecule has 0 heterocycles. The van der Waals surface area contributed by atoms with Gasteiger partial charge in [0.1, 0.15) is 0 Å². The van der Waals surface area contributed by atoms with Gasteiger partial charge in [-0.05, 0) is 51.4 Å². The molecule has 0 saturated carbocycles. The predicted octanol–water partition coefficient (Wildman–Crippen LogP) is 25.9. The summed E-state index contributed by atoms with van der Waals surface area (Å²) in [5.74, 6) is -0.00830. The third-order valence-electron chi connectivity index (χ3n) is 18.8. The van der Waals surface area contributed by atoms with Gasteiger partial charge in [0.2, 0.25) is 5.91 Å². The molecule has 0 aliphatic rings. The second kappa shape index (κ2) is 75.1. The molecule has 0 bridgehead atoms. The van der Waals surface area contributed by atoms with Crippen LogP contribution in [-0.2, 0) is 14.3 Å². The molecule has 0 aromatic carbocycles. The molecule has 3 N–H and O–H groups in total. The van der Waals surface area contributed by atoms with Crippen molar-refractivity contribution >= 4 is 11.9 Å². The number of nitrogens with one attached hydrogen (secondary N) is 1. The fraction of sp³-hybridized carbons (Fsp3) is 0.949. The van der Waals surface area contributed by atoms with Crippen LogP contribution < -0.4 is 5.32 Å². The van der Waals surface area contributed by atoms with Gasteiger partial charge >= 0.3 is 5.97 Å². The molecule has 6 heteroatoms. The molecule has 0 aliphatic heterocycles. The van der Waals surface area contributed by atoms with Crippen molar-refractivity contribution < 1.29 is 24.5 Å². The van der Waals surface area contributed by atoms with E-state index in [-0.39, 0.29) is 18.5 Å². The molecular weight excluding hydrogens is 1040 g/mol. The molecule has 1 amide bonds. The first-order valence-electron chi connectivity index (χ1n) is 39.4. The van der Waals surface area contributed by atoms with Crippen molar-refractivity contribution in [2.45, 2.75) is 469 Å². The average Bonchev–Trinajstić information content (AvgIpc) is 3.52. The van der Waals surface area contributed by atoms with Gasteiger partial charge in [0.15, 0.2) is 0 Å². The largest absolute Gasteiger partial charge is 0.466 e. The van der Waals surface area contributed by atoms with Crippen molar-refractivity contribution in [3.8, 4) is 0 Å². The Labute approximate surface area is 533 Å². The zero-order valence-corrected chi connectivity index (χ0v) is 58.1. The van der Waals surface area contributed by atoms with E-state index >= 15 is 0 Å². The maximum Gasteiger partial charge on any atom is 0.305 e. The highest BCUT2D eigenvalue weighted by Crippen LogP contribution is 2.20. The molecule has 2 unspecified atom stereocenters. The summed E-state index contributed by atoms with van der Waals surface area (Å²) in [6, 6.07) is -0.535. The van der Waals surface area contributed by atoms with Crippen LogP contribution in [0.25, 0.3) is 0 Å². The van der Waals surface area contributed by atoms with Crippen LogP contribution >= 0.6 is 0 Å². The molecular formula is C79H155NO5. The van der Waals surface area contributed by atoms with Gasteiger partial charge in [-0.15, -0.1) is 0 Å².